The van der Waals surface area contributed by atoms with Crippen LogP contribution in [0.4, 0.5) is 0 Å². The predicted octanol–water partition coefficient (Wildman–Crippen LogP) is 5.06. The van der Waals surface area contributed by atoms with Gasteiger partial charge in [0.1, 0.15) is 0 Å². The first-order chi connectivity index (χ1) is 11.7. The first kappa shape index (κ1) is 26.2. The van der Waals surface area contributed by atoms with Crippen molar-refractivity contribution >= 4 is 5.78 Å². The van der Waals surface area contributed by atoms with Gasteiger partial charge in [0.15, 0.2) is 5.78 Å². The maximum Gasteiger partial charge on any atom is 0.156 e. The molecule has 0 saturated heterocycles. The zero-order valence-electron chi connectivity index (χ0n) is 18.1. The standard InChI is InChI=1S/C13H26N2.C9H14O.2H3N/c14-12-5-1-10(2-6-12)9-11-3-7-13(15)8-4-11;1-7-4-8(10)6-9(2,3)5-7;;/h10-13H,1-9,14-15H2;4H,5-6H2,1-3H3;2*1H3. The molecule has 0 aromatic rings. The molecule has 0 amide bonds. The summed E-state index contributed by atoms with van der Waals surface area (Å²) in [6.07, 6.45) is 15.6. The maximum atomic E-state index is 11.0. The van der Waals surface area contributed by atoms with E-state index >= 15 is 0 Å². The first-order valence-electron chi connectivity index (χ1n) is 10.4. The van der Waals surface area contributed by atoms with Crippen LogP contribution >= 0.6 is 0 Å². The number of ketones is 1. The van der Waals surface area contributed by atoms with Crippen LogP contribution in [0.1, 0.15) is 91.4 Å². The van der Waals surface area contributed by atoms with Crippen molar-refractivity contribution in [3.8, 4) is 0 Å². The van der Waals surface area contributed by atoms with E-state index in [0.29, 0.717) is 18.5 Å². The van der Waals surface area contributed by atoms with Crippen LogP contribution in [0.25, 0.3) is 0 Å². The van der Waals surface area contributed by atoms with Crippen molar-refractivity contribution < 1.29 is 4.79 Å². The largest absolute Gasteiger partial charge is 0.344 e. The van der Waals surface area contributed by atoms with Gasteiger partial charge in [-0.05, 0) is 94.5 Å². The lowest BCUT2D eigenvalue weighted by Gasteiger charge is -2.32. The molecule has 0 radical (unpaired) electrons. The summed E-state index contributed by atoms with van der Waals surface area (Å²) < 4.78 is 0. The van der Waals surface area contributed by atoms with Crippen molar-refractivity contribution in [3.63, 3.8) is 0 Å². The molecule has 27 heavy (non-hydrogen) atoms. The number of carbonyl (C=O) groups excluding carboxylic acids is 1. The molecule has 160 valence electrons. The summed E-state index contributed by atoms with van der Waals surface area (Å²) in [5, 5.41) is 0. The van der Waals surface area contributed by atoms with Gasteiger partial charge in [-0.2, -0.15) is 0 Å². The highest BCUT2D eigenvalue weighted by molar-refractivity contribution is 5.91. The molecule has 0 heterocycles. The van der Waals surface area contributed by atoms with E-state index in [-0.39, 0.29) is 23.5 Å². The average Bonchev–Trinajstić information content (AvgIpc) is 2.50. The van der Waals surface area contributed by atoms with Gasteiger partial charge in [-0.1, -0.05) is 19.4 Å². The van der Waals surface area contributed by atoms with E-state index in [9.17, 15) is 4.79 Å². The highest BCUT2D eigenvalue weighted by atomic mass is 16.1. The third-order valence-corrected chi connectivity index (χ3v) is 6.27. The minimum absolute atomic E-state index is 0. The zero-order chi connectivity index (χ0) is 18.4. The Labute approximate surface area is 167 Å². The molecule has 0 aliphatic heterocycles. The molecule has 0 bridgehead atoms. The van der Waals surface area contributed by atoms with Crippen LogP contribution < -0.4 is 23.8 Å². The summed E-state index contributed by atoms with van der Waals surface area (Å²) in [6.45, 7) is 6.31. The minimum atomic E-state index is 0. The van der Waals surface area contributed by atoms with Crippen LogP contribution in [-0.2, 0) is 4.79 Å². The van der Waals surface area contributed by atoms with Gasteiger partial charge in [-0.3, -0.25) is 4.79 Å². The van der Waals surface area contributed by atoms with E-state index < -0.39 is 0 Å². The molecule has 3 aliphatic rings. The normalized spacial score (nSPS) is 32.8. The lowest BCUT2D eigenvalue weighted by Crippen LogP contribution is -2.30. The fraction of sp³-hybridized carbons (Fsp3) is 0.864. The third-order valence-electron chi connectivity index (χ3n) is 6.27. The number of hydrogen-bond donors (Lipinski definition) is 4. The number of allylic oxidation sites excluding steroid dienone is 2. The van der Waals surface area contributed by atoms with Crippen molar-refractivity contribution in [2.24, 2.45) is 28.7 Å². The van der Waals surface area contributed by atoms with Gasteiger partial charge < -0.3 is 23.8 Å². The Morgan fingerprint density at radius 3 is 1.59 bits per heavy atom. The molecule has 0 spiro atoms. The van der Waals surface area contributed by atoms with Crippen LogP contribution in [0.3, 0.4) is 0 Å². The van der Waals surface area contributed by atoms with Gasteiger partial charge >= 0.3 is 0 Å². The van der Waals surface area contributed by atoms with Crippen LogP contribution in [-0.4, -0.2) is 17.9 Å². The molecule has 0 aromatic heterocycles. The molecule has 2 saturated carbocycles. The SMILES string of the molecule is CC1=CC(=O)CC(C)(C)C1.N.N.NC1CCC(CC2CCC(N)CC2)CC1. The molecule has 2 fully saturated rings. The van der Waals surface area contributed by atoms with Gasteiger partial charge in [-0.15, -0.1) is 0 Å². The monoisotopic (exact) mass is 382 g/mol. The minimum Gasteiger partial charge on any atom is -0.344 e. The second-order valence-corrected chi connectivity index (χ2v) is 9.77. The fourth-order valence-corrected chi connectivity index (χ4v) is 4.99. The Morgan fingerprint density at radius 2 is 1.26 bits per heavy atom. The Bertz CT molecular complexity index is 439. The molecule has 0 unspecified atom stereocenters. The van der Waals surface area contributed by atoms with Gasteiger partial charge in [-0.25, -0.2) is 0 Å². The molecule has 0 aromatic carbocycles. The highest BCUT2D eigenvalue weighted by Gasteiger charge is 2.26. The number of rotatable bonds is 2. The average molecular weight is 383 g/mol. The van der Waals surface area contributed by atoms with Gasteiger partial charge in [0, 0.05) is 18.5 Å². The Hall–Kier alpha value is -0.750. The maximum absolute atomic E-state index is 11.0. The molecule has 3 rings (SSSR count). The van der Waals surface area contributed by atoms with Crippen molar-refractivity contribution in [2.45, 2.75) is 103 Å². The summed E-state index contributed by atoms with van der Waals surface area (Å²) in [4.78, 5) is 11.0. The molecule has 0 atom stereocenters. The summed E-state index contributed by atoms with van der Waals surface area (Å²) in [6, 6.07) is 1.00. The zero-order valence-corrected chi connectivity index (χ0v) is 18.1. The highest BCUT2D eigenvalue weighted by Crippen LogP contribution is 2.35. The summed E-state index contributed by atoms with van der Waals surface area (Å²) in [5.41, 5.74) is 13.3. The van der Waals surface area contributed by atoms with E-state index in [4.69, 9.17) is 11.5 Å². The summed E-state index contributed by atoms with van der Waals surface area (Å²) in [5.74, 6) is 2.24. The molecule has 5 heteroatoms. The van der Waals surface area contributed by atoms with Crippen molar-refractivity contribution in [2.75, 3.05) is 0 Å². The second-order valence-electron chi connectivity index (χ2n) is 9.77. The van der Waals surface area contributed by atoms with E-state index in [1.807, 2.05) is 6.92 Å². The molecule has 3 aliphatic carbocycles. The van der Waals surface area contributed by atoms with E-state index in [1.165, 1.54) is 63.4 Å². The van der Waals surface area contributed by atoms with E-state index in [1.54, 1.807) is 6.08 Å². The van der Waals surface area contributed by atoms with E-state index in [2.05, 4.69) is 13.8 Å². The predicted molar refractivity (Wildman–Crippen MR) is 116 cm³/mol. The second kappa shape index (κ2) is 11.9. The number of nitrogens with two attached hydrogens (primary N) is 2. The molecular formula is C22H46N4O. The Morgan fingerprint density at radius 1 is 0.852 bits per heavy atom. The lowest BCUT2D eigenvalue weighted by atomic mass is 9.76. The molecular weight excluding hydrogens is 336 g/mol. The van der Waals surface area contributed by atoms with E-state index in [0.717, 1.165) is 18.3 Å². The van der Waals surface area contributed by atoms with Crippen molar-refractivity contribution in [1.29, 1.82) is 0 Å². The molecule has 10 N–H and O–H groups in total. The third kappa shape index (κ3) is 9.84. The Kier molecular flexibility index (Phi) is 11.6. The van der Waals surface area contributed by atoms with Crippen LogP contribution in [0.2, 0.25) is 0 Å². The quantitative estimate of drug-likeness (QED) is 0.528. The summed E-state index contributed by atoms with van der Waals surface area (Å²) in [7, 11) is 0. The Balaban J connectivity index is 0.000000500. The van der Waals surface area contributed by atoms with Crippen molar-refractivity contribution in [3.05, 3.63) is 11.6 Å². The van der Waals surface area contributed by atoms with Gasteiger partial charge in [0.05, 0.1) is 0 Å². The molecule has 5 nitrogen and oxygen atoms in total. The van der Waals surface area contributed by atoms with Crippen LogP contribution in [0.5, 0.6) is 0 Å². The van der Waals surface area contributed by atoms with Crippen molar-refractivity contribution in [1.82, 2.24) is 12.3 Å². The smallest absolute Gasteiger partial charge is 0.156 e. The van der Waals surface area contributed by atoms with Gasteiger partial charge in [0.25, 0.3) is 0 Å². The first-order valence-corrected chi connectivity index (χ1v) is 10.4. The van der Waals surface area contributed by atoms with Gasteiger partial charge in [0.2, 0.25) is 0 Å². The van der Waals surface area contributed by atoms with Crippen LogP contribution in [0, 0.1) is 17.3 Å². The number of hydrogen-bond acceptors (Lipinski definition) is 5. The topological polar surface area (TPSA) is 139 Å². The number of carbonyl (C=O) groups is 1. The summed E-state index contributed by atoms with van der Waals surface area (Å²) >= 11 is 0. The fourth-order valence-electron chi connectivity index (χ4n) is 4.99. The van der Waals surface area contributed by atoms with Crippen LogP contribution in [0.15, 0.2) is 11.6 Å². The lowest BCUT2D eigenvalue weighted by molar-refractivity contribution is -0.117.